The van der Waals surface area contributed by atoms with Gasteiger partial charge in [-0.1, -0.05) is 60.7 Å². The van der Waals surface area contributed by atoms with E-state index in [0.717, 1.165) is 0 Å². The molecule has 35 heavy (non-hydrogen) atoms. The molecule has 0 fully saturated rings. The molecule has 0 bridgehead atoms. The molecule has 4 N–H and O–H groups in total. The molecule has 2 aliphatic rings. The van der Waals surface area contributed by atoms with E-state index in [1.807, 2.05) is 0 Å². The Balaban J connectivity index is 0.00000342. The van der Waals surface area contributed by atoms with E-state index in [4.69, 9.17) is 0 Å². The Morgan fingerprint density at radius 3 is 1.34 bits per heavy atom. The van der Waals surface area contributed by atoms with Gasteiger partial charge in [0.05, 0.1) is 12.1 Å². The first kappa shape index (κ1) is 25.5. The van der Waals surface area contributed by atoms with Crippen molar-refractivity contribution in [3.05, 3.63) is 132 Å². The minimum absolute atomic E-state index is 0. The first-order chi connectivity index (χ1) is 16.5. The van der Waals surface area contributed by atoms with Crippen LogP contribution in [0.2, 0.25) is 0 Å². The molecule has 4 rings (SSSR count). The summed E-state index contributed by atoms with van der Waals surface area (Å²) < 4.78 is 0. The number of carbonyl (C=O) groups is 2. The zero-order valence-electron chi connectivity index (χ0n) is 18.6. The number of ketones is 2. The van der Waals surface area contributed by atoms with Crippen LogP contribution in [-0.2, 0) is 26.4 Å². The molecule has 0 unspecified atom stereocenters. The third-order valence-corrected chi connectivity index (χ3v) is 5.55. The summed E-state index contributed by atoms with van der Waals surface area (Å²) in [7, 11) is 0. The number of nitrogens with one attached hydrogen (secondary N) is 2. The average Bonchev–Trinajstić information content (AvgIpc) is 2.84. The number of rotatable bonds is 7. The summed E-state index contributed by atoms with van der Waals surface area (Å²) in [5, 5.41) is 27.8. The van der Waals surface area contributed by atoms with Crippen LogP contribution in [0, 0.1) is 0 Å². The Bertz CT molecular complexity index is 1190. The van der Waals surface area contributed by atoms with Gasteiger partial charge in [0.1, 0.15) is 11.5 Å². The number of phenols is 2. The smallest absolute Gasteiger partial charge is 0.187 e. The number of phenolic OH excluding ortho intramolecular Hbond substituents is 2. The van der Waals surface area contributed by atoms with E-state index in [0.29, 0.717) is 22.3 Å². The van der Waals surface area contributed by atoms with Crippen LogP contribution in [0.3, 0.4) is 0 Å². The molecule has 6 nitrogen and oxygen atoms in total. The van der Waals surface area contributed by atoms with Crippen molar-refractivity contribution in [3.63, 3.8) is 0 Å². The topological polar surface area (TPSA) is 98.7 Å². The van der Waals surface area contributed by atoms with Gasteiger partial charge in [0, 0.05) is 51.5 Å². The van der Waals surface area contributed by atoms with Gasteiger partial charge in [0.25, 0.3) is 0 Å². The number of hydrogen-bond donors (Lipinski definition) is 4. The third kappa shape index (κ3) is 6.09. The summed E-state index contributed by atoms with van der Waals surface area (Å²) in [6.45, 7) is 0. The minimum atomic E-state index is -0.621. The summed E-state index contributed by atoms with van der Waals surface area (Å²) in [6.07, 6.45) is 16.4. The Morgan fingerprint density at radius 2 is 0.971 bits per heavy atom. The molecule has 0 saturated heterocycles. The number of hydrogen-bond acceptors (Lipinski definition) is 6. The Labute approximate surface area is 214 Å². The second kappa shape index (κ2) is 11.9. The fraction of sp³-hybridized carbons (Fsp3) is 0.0714. The molecule has 0 aromatic heterocycles. The Kier molecular flexibility index (Phi) is 8.67. The van der Waals surface area contributed by atoms with Crippen molar-refractivity contribution in [1.29, 1.82) is 0 Å². The molecule has 7 heteroatoms. The zero-order valence-corrected chi connectivity index (χ0v) is 19.6. The van der Waals surface area contributed by atoms with Crippen LogP contribution in [0.1, 0.15) is 23.2 Å². The van der Waals surface area contributed by atoms with Crippen LogP contribution < -0.4 is 10.6 Å². The van der Waals surface area contributed by atoms with Gasteiger partial charge in [-0.25, -0.2) is 0 Å². The predicted molar refractivity (Wildman–Crippen MR) is 131 cm³/mol. The van der Waals surface area contributed by atoms with Gasteiger partial charge in [-0.15, -0.1) is 0 Å². The van der Waals surface area contributed by atoms with Crippen LogP contribution in [0.4, 0.5) is 0 Å². The summed E-state index contributed by atoms with van der Waals surface area (Å²) in [5.74, 6) is -0.194. The molecule has 2 aromatic carbocycles. The molecule has 0 saturated carbocycles. The van der Waals surface area contributed by atoms with E-state index in [9.17, 15) is 19.8 Å². The number of allylic oxidation sites excluding steroid dienone is 10. The number of benzene rings is 2. The average molecular weight is 511 g/mol. The van der Waals surface area contributed by atoms with Crippen molar-refractivity contribution in [2.45, 2.75) is 12.1 Å². The summed E-state index contributed by atoms with van der Waals surface area (Å²) in [5.41, 5.74) is 2.00. The van der Waals surface area contributed by atoms with Gasteiger partial charge in [0.15, 0.2) is 11.6 Å². The largest absolute Gasteiger partial charge is 0.508 e. The van der Waals surface area contributed by atoms with Crippen molar-refractivity contribution in [2.75, 3.05) is 0 Å². The quantitative estimate of drug-likeness (QED) is 0.416. The van der Waals surface area contributed by atoms with E-state index in [2.05, 4.69) is 10.6 Å². The maximum absolute atomic E-state index is 12.3. The summed E-state index contributed by atoms with van der Waals surface area (Å²) >= 11 is 0. The van der Waals surface area contributed by atoms with E-state index >= 15 is 0 Å². The minimum Gasteiger partial charge on any atom is -0.508 e. The fourth-order valence-electron chi connectivity index (χ4n) is 3.79. The number of carbonyl (C=O) groups excluding carboxylic acids is 2. The van der Waals surface area contributed by atoms with Crippen molar-refractivity contribution in [2.24, 2.45) is 0 Å². The summed E-state index contributed by atoms with van der Waals surface area (Å²) in [6, 6.07) is 12.5. The predicted octanol–water partition coefficient (Wildman–Crippen LogP) is 4.21. The van der Waals surface area contributed by atoms with Crippen LogP contribution in [0.15, 0.2) is 121 Å². The van der Waals surface area contributed by atoms with Gasteiger partial charge in [-0.3, -0.25) is 9.59 Å². The molecule has 2 atom stereocenters. The molecule has 0 aliphatic heterocycles. The van der Waals surface area contributed by atoms with Gasteiger partial charge in [-0.2, -0.15) is 0 Å². The van der Waals surface area contributed by atoms with Gasteiger partial charge >= 0.3 is 0 Å². The van der Waals surface area contributed by atoms with Crippen molar-refractivity contribution in [3.8, 4) is 11.5 Å². The SMILES string of the molecule is O=C1C=CC=C/C1=C/N[C@H](c1ccccc1O)[C@@H](N/C=C1/C=CC=CC1=O)c1ccccc1O.[Co]. The molecule has 0 heterocycles. The first-order valence-electron chi connectivity index (χ1n) is 10.8. The van der Waals surface area contributed by atoms with Crippen LogP contribution >= 0.6 is 0 Å². The Morgan fingerprint density at radius 1 is 0.600 bits per heavy atom. The summed E-state index contributed by atoms with van der Waals surface area (Å²) in [4.78, 5) is 24.5. The standard InChI is InChI=1S/C28H24N2O4.Co/c31-23-13-5-1-9-19(23)17-29-27(21-11-3-7-15-25(21)33)28(22-12-4-8-16-26(22)34)30-18-20-10-2-6-14-24(20)32;/h1-18,27-30,33-34H;/b19-17-,20-18-;/t27-,28+;. The van der Waals surface area contributed by atoms with E-state index in [1.54, 1.807) is 97.4 Å². The van der Waals surface area contributed by atoms with Crippen molar-refractivity contribution < 1.29 is 36.6 Å². The third-order valence-electron chi connectivity index (χ3n) is 5.55. The van der Waals surface area contributed by atoms with Crippen molar-refractivity contribution >= 4 is 11.6 Å². The Hall–Kier alpha value is -4.07. The molecule has 1 radical (unpaired) electrons. The van der Waals surface area contributed by atoms with Crippen LogP contribution in [0.5, 0.6) is 11.5 Å². The van der Waals surface area contributed by atoms with Crippen LogP contribution in [-0.4, -0.2) is 21.8 Å². The normalized spacial score (nSPS) is 18.4. The molecular weight excluding hydrogens is 487 g/mol. The second-order valence-electron chi connectivity index (χ2n) is 7.77. The first-order valence-corrected chi connectivity index (χ1v) is 10.8. The fourth-order valence-corrected chi connectivity index (χ4v) is 3.79. The van der Waals surface area contributed by atoms with E-state index < -0.39 is 12.1 Å². The van der Waals surface area contributed by atoms with E-state index in [1.165, 1.54) is 12.2 Å². The number of para-hydroxylation sites is 2. The van der Waals surface area contributed by atoms with Gasteiger partial charge in [-0.05, 0) is 36.4 Å². The zero-order chi connectivity index (χ0) is 23.9. The van der Waals surface area contributed by atoms with Gasteiger partial charge in [0.2, 0.25) is 0 Å². The van der Waals surface area contributed by atoms with Gasteiger partial charge < -0.3 is 20.8 Å². The second-order valence-corrected chi connectivity index (χ2v) is 7.77. The number of aromatic hydroxyl groups is 2. The molecule has 2 aromatic rings. The van der Waals surface area contributed by atoms with Crippen LogP contribution in [0.25, 0.3) is 0 Å². The van der Waals surface area contributed by atoms with E-state index in [-0.39, 0.29) is 39.8 Å². The molecular formula is C28H24CoN2O4. The molecule has 179 valence electrons. The monoisotopic (exact) mass is 511 g/mol. The molecule has 0 amide bonds. The maximum atomic E-state index is 12.3. The maximum Gasteiger partial charge on any atom is 0.187 e. The molecule has 0 spiro atoms. The molecule has 2 aliphatic carbocycles. The van der Waals surface area contributed by atoms with Crippen molar-refractivity contribution in [1.82, 2.24) is 10.6 Å².